The molecule has 1 aliphatic carbocycles. The van der Waals surface area contributed by atoms with Gasteiger partial charge in [0, 0.05) is 9.75 Å². The van der Waals surface area contributed by atoms with E-state index >= 15 is 0 Å². The maximum absolute atomic E-state index is 3.67. The highest BCUT2D eigenvalue weighted by Gasteiger charge is 2.17. The van der Waals surface area contributed by atoms with Crippen LogP contribution in [0.2, 0.25) is 0 Å². The number of hydrogen-bond donors (Lipinski definition) is 1. The second-order valence-corrected chi connectivity index (χ2v) is 7.08. The van der Waals surface area contributed by atoms with Crippen LogP contribution in [0.4, 0.5) is 0 Å². The molecule has 2 aromatic rings. The van der Waals surface area contributed by atoms with Crippen molar-refractivity contribution in [2.45, 2.75) is 52.0 Å². The lowest BCUT2D eigenvalue weighted by Gasteiger charge is -2.21. The average molecular weight is 299 g/mol. The highest BCUT2D eigenvalue weighted by molar-refractivity contribution is 7.12. The van der Waals surface area contributed by atoms with E-state index in [1.807, 2.05) is 11.3 Å². The SMILES string of the molecule is CCNC(c1ccc2c(c1)CCCC2)c1ccc(CC)s1. The van der Waals surface area contributed by atoms with Gasteiger partial charge in [0.15, 0.2) is 0 Å². The van der Waals surface area contributed by atoms with Gasteiger partial charge in [-0.3, -0.25) is 0 Å². The third kappa shape index (κ3) is 3.22. The van der Waals surface area contributed by atoms with Gasteiger partial charge in [-0.15, -0.1) is 11.3 Å². The molecule has 1 atom stereocenters. The molecule has 112 valence electrons. The molecular formula is C19H25NS. The van der Waals surface area contributed by atoms with E-state index < -0.39 is 0 Å². The van der Waals surface area contributed by atoms with E-state index in [9.17, 15) is 0 Å². The molecular weight excluding hydrogens is 274 g/mol. The third-order valence-electron chi connectivity index (χ3n) is 4.43. The van der Waals surface area contributed by atoms with Crippen molar-refractivity contribution in [3.63, 3.8) is 0 Å². The first-order valence-corrected chi connectivity index (χ1v) is 9.07. The van der Waals surface area contributed by atoms with E-state index in [-0.39, 0.29) is 0 Å². The van der Waals surface area contributed by atoms with Crippen LogP contribution in [0.1, 0.15) is 59.2 Å². The Labute approximate surface area is 132 Å². The first kappa shape index (κ1) is 14.8. The van der Waals surface area contributed by atoms with Crippen molar-refractivity contribution < 1.29 is 0 Å². The predicted octanol–water partition coefficient (Wildman–Crippen LogP) is 4.89. The molecule has 1 unspecified atom stereocenters. The summed E-state index contributed by atoms with van der Waals surface area (Å²) in [5, 5.41) is 3.67. The Balaban J connectivity index is 1.93. The summed E-state index contributed by atoms with van der Waals surface area (Å²) >= 11 is 1.95. The van der Waals surface area contributed by atoms with Crippen LogP contribution >= 0.6 is 11.3 Å². The Morgan fingerprint density at radius 3 is 2.57 bits per heavy atom. The lowest BCUT2D eigenvalue weighted by Crippen LogP contribution is -2.21. The minimum Gasteiger partial charge on any atom is -0.306 e. The van der Waals surface area contributed by atoms with Crippen molar-refractivity contribution in [1.29, 1.82) is 0 Å². The summed E-state index contributed by atoms with van der Waals surface area (Å²) < 4.78 is 0. The molecule has 0 radical (unpaired) electrons. The quantitative estimate of drug-likeness (QED) is 0.829. The zero-order valence-electron chi connectivity index (χ0n) is 13.1. The van der Waals surface area contributed by atoms with Gasteiger partial charge in [0.2, 0.25) is 0 Å². The molecule has 0 bridgehead atoms. The number of benzene rings is 1. The van der Waals surface area contributed by atoms with Gasteiger partial charge in [-0.2, -0.15) is 0 Å². The fourth-order valence-corrected chi connectivity index (χ4v) is 4.32. The molecule has 1 aromatic carbocycles. The zero-order chi connectivity index (χ0) is 14.7. The minimum absolute atomic E-state index is 0.354. The summed E-state index contributed by atoms with van der Waals surface area (Å²) in [4.78, 5) is 2.93. The Kier molecular flexibility index (Phi) is 4.77. The van der Waals surface area contributed by atoms with Crippen molar-refractivity contribution in [3.8, 4) is 0 Å². The van der Waals surface area contributed by atoms with Gasteiger partial charge in [-0.1, -0.05) is 32.0 Å². The van der Waals surface area contributed by atoms with Crippen molar-refractivity contribution in [3.05, 3.63) is 56.8 Å². The second-order valence-electron chi connectivity index (χ2n) is 5.88. The standard InChI is InChI=1S/C19H25NS/c1-3-17-11-12-18(21-17)19(20-4-2)16-10-9-14-7-5-6-8-15(14)13-16/h9-13,19-20H,3-8H2,1-2H3. The highest BCUT2D eigenvalue weighted by Crippen LogP contribution is 2.31. The van der Waals surface area contributed by atoms with Gasteiger partial charge in [0.1, 0.15) is 0 Å². The van der Waals surface area contributed by atoms with Crippen LogP contribution in [0.25, 0.3) is 0 Å². The summed E-state index contributed by atoms with van der Waals surface area (Å²) in [6.07, 6.45) is 6.36. The summed E-state index contributed by atoms with van der Waals surface area (Å²) in [5.74, 6) is 0. The topological polar surface area (TPSA) is 12.0 Å². The van der Waals surface area contributed by atoms with Crippen LogP contribution in [0.15, 0.2) is 30.3 Å². The molecule has 1 aliphatic rings. The van der Waals surface area contributed by atoms with Crippen molar-refractivity contribution in [2.75, 3.05) is 6.54 Å². The molecule has 3 rings (SSSR count). The van der Waals surface area contributed by atoms with Gasteiger partial charge in [-0.05, 0) is 67.5 Å². The molecule has 21 heavy (non-hydrogen) atoms. The summed E-state index contributed by atoms with van der Waals surface area (Å²) in [6.45, 7) is 5.43. The first-order chi connectivity index (χ1) is 10.3. The van der Waals surface area contributed by atoms with Crippen molar-refractivity contribution >= 4 is 11.3 Å². The molecule has 2 heteroatoms. The molecule has 0 amide bonds. The monoisotopic (exact) mass is 299 g/mol. The van der Waals surface area contributed by atoms with E-state index in [1.54, 1.807) is 11.1 Å². The number of aryl methyl sites for hydroxylation is 3. The van der Waals surface area contributed by atoms with Crippen molar-refractivity contribution in [1.82, 2.24) is 5.32 Å². The van der Waals surface area contributed by atoms with Gasteiger partial charge in [0.25, 0.3) is 0 Å². The second kappa shape index (κ2) is 6.76. The fourth-order valence-electron chi connectivity index (χ4n) is 3.26. The molecule has 1 nitrogen and oxygen atoms in total. The molecule has 1 heterocycles. The van der Waals surface area contributed by atoms with Crippen LogP contribution in [-0.4, -0.2) is 6.54 Å². The summed E-state index contributed by atoms with van der Waals surface area (Å²) in [7, 11) is 0. The Morgan fingerprint density at radius 2 is 1.86 bits per heavy atom. The van der Waals surface area contributed by atoms with E-state index in [1.165, 1.54) is 41.0 Å². The minimum atomic E-state index is 0.354. The Hall–Kier alpha value is -1.12. The molecule has 0 fully saturated rings. The number of nitrogens with one attached hydrogen (secondary N) is 1. The van der Waals surface area contributed by atoms with E-state index in [0.717, 1.165) is 13.0 Å². The normalized spacial score (nSPS) is 15.7. The van der Waals surface area contributed by atoms with Gasteiger partial charge < -0.3 is 5.32 Å². The molecule has 0 spiro atoms. The predicted molar refractivity (Wildman–Crippen MR) is 92.3 cm³/mol. The van der Waals surface area contributed by atoms with Crippen LogP contribution in [0.3, 0.4) is 0 Å². The Bertz CT molecular complexity index is 599. The third-order valence-corrected chi connectivity index (χ3v) is 5.72. The lowest BCUT2D eigenvalue weighted by atomic mass is 9.89. The van der Waals surface area contributed by atoms with Crippen molar-refractivity contribution in [2.24, 2.45) is 0 Å². The van der Waals surface area contributed by atoms with Crippen LogP contribution in [-0.2, 0) is 19.3 Å². The number of fused-ring (bicyclic) bond motifs is 1. The van der Waals surface area contributed by atoms with Crippen LogP contribution in [0, 0.1) is 0 Å². The smallest absolute Gasteiger partial charge is 0.0671 e. The number of rotatable bonds is 5. The number of hydrogen-bond acceptors (Lipinski definition) is 2. The van der Waals surface area contributed by atoms with Gasteiger partial charge in [0.05, 0.1) is 6.04 Å². The van der Waals surface area contributed by atoms with Gasteiger partial charge in [-0.25, -0.2) is 0 Å². The highest BCUT2D eigenvalue weighted by atomic mass is 32.1. The van der Waals surface area contributed by atoms with Gasteiger partial charge >= 0.3 is 0 Å². The number of thiophene rings is 1. The average Bonchev–Trinajstić information content (AvgIpc) is 3.01. The molecule has 1 N–H and O–H groups in total. The van der Waals surface area contributed by atoms with Crippen LogP contribution in [0.5, 0.6) is 0 Å². The van der Waals surface area contributed by atoms with E-state index in [0.29, 0.717) is 6.04 Å². The lowest BCUT2D eigenvalue weighted by molar-refractivity contribution is 0.633. The van der Waals surface area contributed by atoms with Crippen LogP contribution < -0.4 is 5.32 Å². The first-order valence-electron chi connectivity index (χ1n) is 8.25. The maximum atomic E-state index is 3.67. The van der Waals surface area contributed by atoms with E-state index in [2.05, 4.69) is 49.5 Å². The maximum Gasteiger partial charge on any atom is 0.0671 e. The molecule has 1 aromatic heterocycles. The summed E-state index contributed by atoms with van der Waals surface area (Å²) in [6, 6.07) is 12.1. The molecule has 0 saturated heterocycles. The fraction of sp³-hybridized carbons (Fsp3) is 0.474. The van der Waals surface area contributed by atoms with E-state index in [4.69, 9.17) is 0 Å². The Morgan fingerprint density at radius 1 is 1.05 bits per heavy atom. The molecule has 0 aliphatic heterocycles. The largest absolute Gasteiger partial charge is 0.306 e. The zero-order valence-corrected chi connectivity index (χ0v) is 13.9. The summed E-state index contributed by atoms with van der Waals surface area (Å²) in [5.41, 5.74) is 4.58. The molecule has 0 saturated carbocycles.